The van der Waals surface area contributed by atoms with E-state index in [1.165, 1.54) is 7.11 Å². The number of piperidine rings is 1. The number of carbonyl (C=O) groups excluding carboxylic acids is 2. The van der Waals surface area contributed by atoms with Crippen molar-refractivity contribution in [2.45, 2.75) is 66.2 Å². The predicted octanol–water partition coefficient (Wildman–Crippen LogP) is 7.20. The number of ether oxygens (including phenoxy) is 2. The number of carbonyl (C=O) groups is 2. The second kappa shape index (κ2) is 13.5. The van der Waals surface area contributed by atoms with E-state index in [-0.39, 0.29) is 12.1 Å². The molecule has 3 heterocycles. The number of aromatic nitrogens is 2. The van der Waals surface area contributed by atoms with Crippen LogP contribution in [0.15, 0.2) is 62.7 Å². The molecule has 1 amide bonds. The van der Waals surface area contributed by atoms with E-state index in [9.17, 15) is 9.59 Å². The van der Waals surface area contributed by atoms with Gasteiger partial charge in [0.25, 0.3) is 0 Å². The summed E-state index contributed by atoms with van der Waals surface area (Å²) in [5.41, 5.74) is 0.549. The van der Waals surface area contributed by atoms with Gasteiger partial charge in [-0.2, -0.15) is 0 Å². The number of nitrogens with zero attached hydrogens (tertiary/aromatic N) is 3. The zero-order chi connectivity index (χ0) is 27.8. The molecule has 1 aliphatic heterocycles. The van der Waals surface area contributed by atoms with Gasteiger partial charge in [-0.3, -0.25) is 4.79 Å². The van der Waals surface area contributed by atoms with Gasteiger partial charge in [-0.25, -0.2) is 14.8 Å². The summed E-state index contributed by atoms with van der Waals surface area (Å²) in [6.07, 6.45) is 3.63. The van der Waals surface area contributed by atoms with Gasteiger partial charge in [0.2, 0.25) is 0 Å². The minimum absolute atomic E-state index is 0.220. The van der Waals surface area contributed by atoms with Crippen molar-refractivity contribution in [2.24, 2.45) is 0 Å². The van der Waals surface area contributed by atoms with Crippen molar-refractivity contribution in [3.63, 3.8) is 0 Å². The Hall–Kier alpha value is -2.76. The third-order valence-electron chi connectivity index (χ3n) is 5.91. The molecule has 0 saturated carbocycles. The number of methoxy groups -OCH3 is 1. The SMILES string of the molecule is COC(=O)CCSc1cnc(Nc2nc(C3CCN(C(=O)OC(C)(C)C)CC3)cs2)c(Sc2ccccc2)c1. The van der Waals surface area contributed by atoms with E-state index >= 15 is 0 Å². The van der Waals surface area contributed by atoms with E-state index in [0.29, 0.717) is 31.2 Å². The van der Waals surface area contributed by atoms with Crippen LogP contribution in [0.3, 0.4) is 0 Å². The Morgan fingerprint density at radius 3 is 2.59 bits per heavy atom. The number of anilines is 2. The van der Waals surface area contributed by atoms with Gasteiger partial charge in [0.15, 0.2) is 5.13 Å². The molecule has 1 saturated heterocycles. The highest BCUT2D eigenvalue weighted by Crippen LogP contribution is 2.38. The van der Waals surface area contributed by atoms with Crippen LogP contribution in [-0.4, -0.2) is 58.5 Å². The highest BCUT2D eigenvalue weighted by Gasteiger charge is 2.28. The summed E-state index contributed by atoms with van der Waals surface area (Å²) in [7, 11) is 1.40. The van der Waals surface area contributed by atoms with Crippen LogP contribution < -0.4 is 5.32 Å². The van der Waals surface area contributed by atoms with Crippen molar-refractivity contribution in [3.8, 4) is 0 Å². The number of benzene rings is 1. The molecule has 1 fully saturated rings. The van der Waals surface area contributed by atoms with E-state index in [1.54, 1.807) is 39.8 Å². The van der Waals surface area contributed by atoms with Gasteiger partial charge in [0.05, 0.1) is 24.1 Å². The van der Waals surface area contributed by atoms with Crippen LogP contribution in [0.2, 0.25) is 0 Å². The number of rotatable bonds is 9. The minimum Gasteiger partial charge on any atom is -0.469 e. The smallest absolute Gasteiger partial charge is 0.410 e. The number of esters is 1. The van der Waals surface area contributed by atoms with Gasteiger partial charge >= 0.3 is 12.1 Å². The molecule has 0 atom stereocenters. The van der Waals surface area contributed by atoms with Crippen LogP contribution in [0.1, 0.15) is 51.6 Å². The molecule has 4 rings (SSSR count). The van der Waals surface area contributed by atoms with E-state index in [4.69, 9.17) is 19.4 Å². The average Bonchev–Trinajstić information content (AvgIpc) is 3.38. The van der Waals surface area contributed by atoms with Crippen LogP contribution in [-0.2, 0) is 14.3 Å². The first-order valence-electron chi connectivity index (χ1n) is 12.8. The number of thioether (sulfide) groups is 1. The van der Waals surface area contributed by atoms with Crippen molar-refractivity contribution in [3.05, 3.63) is 53.7 Å². The first-order valence-corrected chi connectivity index (χ1v) is 15.5. The lowest BCUT2D eigenvalue weighted by Gasteiger charge is -2.32. The number of nitrogens with one attached hydrogen (secondary N) is 1. The van der Waals surface area contributed by atoms with Crippen LogP contribution in [0.4, 0.5) is 15.7 Å². The van der Waals surface area contributed by atoms with E-state index in [0.717, 1.165) is 44.2 Å². The fourth-order valence-corrected chi connectivity index (χ4v) is 6.60. The first kappa shape index (κ1) is 29.2. The summed E-state index contributed by atoms with van der Waals surface area (Å²) in [4.78, 5) is 38.3. The van der Waals surface area contributed by atoms with Crippen LogP contribution in [0.25, 0.3) is 0 Å². The number of thiazole rings is 1. The van der Waals surface area contributed by atoms with Crippen LogP contribution >= 0.6 is 34.9 Å². The van der Waals surface area contributed by atoms with Crippen LogP contribution in [0.5, 0.6) is 0 Å². The summed E-state index contributed by atoms with van der Waals surface area (Å²) < 4.78 is 10.3. The molecule has 1 aromatic carbocycles. The fourth-order valence-electron chi connectivity index (χ4n) is 3.96. The molecule has 2 aromatic heterocycles. The summed E-state index contributed by atoms with van der Waals surface area (Å²) in [6.45, 7) is 6.98. The molecule has 0 aliphatic carbocycles. The molecule has 0 radical (unpaired) electrons. The van der Waals surface area contributed by atoms with Crippen LogP contribution in [0, 0.1) is 0 Å². The summed E-state index contributed by atoms with van der Waals surface area (Å²) >= 11 is 4.77. The van der Waals surface area contributed by atoms with Crippen molar-refractivity contribution in [1.29, 1.82) is 0 Å². The number of hydrogen-bond donors (Lipinski definition) is 1. The van der Waals surface area contributed by atoms with E-state index in [1.807, 2.05) is 45.2 Å². The molecule has 39 heavy (non-hydrogen) atoms. The Balaban J connectivity index is 1.42. The normalized spacial score (nSPS) is 14.2. The molecule has 1 aliphatic rings. The van der Waals surface area contributed by atoms with Gasteiger partial charge in [-0.05, 0) is 51.8 Å². The molecule has 1 N–H and O–H groups in total. The molecule has 208 valence electrons. The molecule has 0 spiro atoms. The number of pyridine rings is 1. The fraction of sp³-hybridized carbons (Fsp3) is 0.429. The summed E-state index contributed by atoms with van der Waals surface area (Å²) in [5.74, 6) is 1.44. The standard InChI is InChI=1S/C28H34N4O4S3/c1-28(2,3)36-27(34)32-13-10-19(11-14-32)22-18-38-26(30-22)31-25-23(39-20-8-6-5-7-9-20)16-21(17-29-25)37-15-12-24(33)35-4/h5-9,16-19H,10-15H2,1-4H3,(H,29,30,31). The topological polar surface area (TPSA) is 93.6 Å². The largest absolute Gasteiger partial charge is 0.469 e. The Morgan fingerprint density at radius 1 is 1.15 bits per heavy atom. The van der Waals surface area contributed by atoms with E-state index < -0.39 is 5.60 Å². The zero-order valence-corrected chi connectivity index (χ0v) is 25.1. The molecule has 0 unspecified atom stereocenters. The lowest BCUT2D eigenvalue weighted by molar-refractivity contribution is -0.140. The second-order valence-corrected chi connectivity index (χ2v) is 13.2. The Morgan fingerprint density at radius 2 is 1.90 bits per heavy atom. The molecule has 11 heteroatoms. The van der Waals surface area contributed by atoms with Gasteiger partial charge in [-0.15, -0.1) is 23.1 Å². The van der Waals surface area contributed by atoms with Crippen molar-refractivity contribution < 1.29 is 19.1 Å². The van der Waals surface area contributed by atoms with E-state index in [2.05, 4.69) is 28.9 Å². The van der Waals surface area contributed by atoms with Crippen molar-refractivity contribution >= 4 is 57.9 Å². The van der Waals surface area contributed by atoms with Crippen molar-refractivity contribution in [1.82, 2.24) is 14.9 Å². The van der Waals surface area contributed by atoms with Gasteiger partial charge in [0.1, 0.15) is 11.4 Å². The lowest BCUT2D eigenvalue weighted by atomic mass is 9.94. The van der Waals surface area contributed by atoms with Gasteiger partial charge in [-0.1, -0.05) is 30.0 Å². The summed E-state index contributed by atoms with van der Waals surface area (Å²) in [5, 5.41) is 6.30. The predicted molar refractivity (Wildman–Crippen MR) is 157 cm³/mol. The average molecular weight is 587 g/mol. The van der Waals surface area contributed by atoms with Crippen molar-refractivity contribution in [2.75, 3.05) is 31.3 Å². The second-order valence-electron chi connectivity index (χ2n) is 10.1. The highest BCUT2D eigenvalue weighted by molar-refractivity contribution is 8.00. The van der Waals surface area contributed by atoms with Gasteiger partial charge in [0, 0.05) is 46.1 Å². The molecular weight excluding hydrogens is 553 g/mol. The zero-order valence-electron chi connectivity index (χ0n) is 22.6. The molecule has 8 nitrogen and oxygen atoms in total. The Bertz CT molecular complexity index is 1260. The number of likely N-dealkylation sites (tertiary alicyclic amines) is 1. The third kappa shape index (κ3) is 8.87. The first-order chi connectivity index (χ1) is 18.7. The number of amides is 1. The minimum atomic E-state index is -0.491. The number of hydrogen-bond acceptors (Lipinski definition) is 10. The lowest BCUT2D eigenvalue weighted by Crippen LogP contribution is -2.41. The summed E-state index contributed by atoms with van der Waals surface area (Å²) in [6, 6.07) is 12.2. The third-order valence-corrected chi connectivity index (χ3v) is 8.69. The Kier molecular flexibility index (Phi) is 10.1. The Labute approximate surface area is 242 Å². The quantitative estimate of drug-likeness (QED) is 0.206. The molecule has 3 aromatic rings. The maximum Gasteiger partial charge on any atom is 0.410 e. The maximum atomic E-state index is 12.4. The maximum absolute atomic E-state index is 12.4. The highest BCUT2D eigenvalue weighted by atomic mass is 32.2. The molecule has 0 bridgehead atoms. The molecular formula is C28H34N4O4S3. The van der Waals surface area contributed by atoms with Gasteiger partial charge < -0.3 is 19.7 Å². The monoisotopic (exact) mass is 586 g/mol.